The van der Waals surface area contributed by atoms with Crippen molar-refractivity contribution in [3.05, 3.63) is 17.6 Å². The number of hydrogen-bond acceptors (Lipinski definition) is 4. The molecule has 1 aromatic rings. The van der Waals surface area contributed by atoms with Crippen molar-refractivity contribution in [2.24, 2.45) is 0 Å². The van der Waals surface area contributed by atoms with E-state index in [0.29, 0.717) is 6.04 Å². The van der Waals surface area contributed by atoms with Crippen LogP contribution in [0.15, 0.2) is 6.20 Å². The molecule has 0 radical (unpaired) electrons. The Balaban J connectivity index is 2.55. The molecule has 4 nitrogen and oxygen atoms in total. The van der Waals surface area contributed by atoms with Crippen LogP contribution in [0.5, 0.6) is 0 Å². The van der Waals surface area contributed by atoms with Crippen molar-refractivity contribution in [1.82, 2.24) is 14.9 Å². The molecule has 4 heteroatoms. The number of nitrogens with one attached hydrogen (secondary N) is 1. The molecule has 16 heavy (non-hydrogen) atoms. The minimum atomic E-state index is 0.414. The average Bonchev–Trinajstić information content (AvgIpc) is 2.20. The first kappa shape index (κ1) is 12.9. The van der Waals surface area contributed by atoms with Crippen molar-refractivity contribution in [3.8, 4) is 0 Å². The van der Waals surface area contributed by atoms with Crippen LogP contribution in [0.4, 0.5) is 5.82 Å². The second-order valence-electron chi connectivity index (χ2n) is 4.58. The summed E-state index contributed by atoms with van der Waals surface area (Å²) in [7, 11) is 4.18. The van der Waals surface area contributed by atoms with E-state index in [2.05, 4.69) is 41.2 Å². The van der Waals surface area contributed by atoms with Gasteiger partial charge >= 0.3 is 0 Å². The molecule has 0 aliphatic heterocycles. The van der Waals surface area contributed by atoms with Gasteiger partial charge in [0, 0.05) is 12.2 Å². The number of aromatic nitrogens is 2. The highest BCUT2D eigenvalue weighted by Gasteiger charge is 2.06. The molecule has 1 aromatic heterocycles. The summed E-state index contributed by atoms with van der Waals surface area (Å²) < 4.78 is 0. The highest BCUT2D eigenvalue weighted by atomic mass is 15.1. The SMILES string of the molecule is Cc1cnc(C)c(NC(C)CCN(C)C)n1. The smallest absolute Gasteiger partial charge is 0.147 e. The molecule has 0 aliphatic rings. The first-order valence-electron chi connectivity index (χ1n) is 5.70. The van der Waals surface area contributed by atoms with Gasteiger partial charge in [-0.3, -0.25) is 4.98 Å². The van der Waals surface area contributed by atoms with E-state index in [1.165, 1.54) is 0 Å². The third-order valence-electron chi connectivity index (χ3n) is 2.47. The summed E-state index contributed by atoms with van der Waals surface area (Å²) in [4.78, 5) is 10.9. The molecule has 1 unspecified atom stereocenters. The van der Waals surface area contributed by atoms with E-state index in [1.807, 2.05) is 13.8 Å². The summed E-state index contributed by atoms with van der Waals surface area (Å²) in [5.41, 5.74) is 1.91. The minimum Gasteiger partial charge on any atom is -0.366 e. The standard InChI is InChI=1S/C12H22N4/c1-9(6-7-16(4)5)14-12-11(3)13-8-10(2)15-12/h8-9H,6-7H2,1-5H3,(H,14,15). The van der Waals surface area contributed by atoms with E-state index in [4.69, 9.17) is 0 Å². The monoisotopic (exact) mass is 222 g/mol. The molecule has 1 N–H and O–H groups in total. The van der Waals surface area contributed by atoms with Gasteiger partial charge in [0.1, 0.15) is 5.82 Å². The van der Waals surface area contributed by atoms with Gasteiger partial charge in [0.2, 0.25) is 0 Å². The molecule has 1 heterocycles. The van der Waals surface area contributed by atoms with Crippen LogP contribution in [-0.2, 0) is 0 Å². The van der Waals surface area contributed by atoms with Crippen molar-refractivity contribution < 1.29 is 0 Å². The van der Waals surface area contributed by atoms with Gasteiger partial charge in [0.05, 0.1) is 11.4 Å². The molecule has 1 rings (SSSR count). The summed E-state index contributed by atoms with van der Waals surface area (Å²) in [5, 5.41) is 3.41. The Kier molecular flexibility index (Phi) is 4.68. The Bertz CT molecular complexity index is 336. The van der Waals surface area contributed by atoms with E-state index in [-0.39, 0.29) is 0 Å². The maximum Gasteiger partial charge on any atom is 0.147 e. The van der Waals surface area contributed by atoms with Crippen LogP contribution in [0, 0.1) is 13.8 Å². The molecule has 90 valence electrons. The summed E-state index contributed by atoms with van der Waals surface area (Å²) >= 11 is 0. The Morgan fingerprint density at radius 3 is 2.69 bits per heavy atom. The number of nitrogens with zero attached hydrogens (tertiary/aromatic N) is 3. The molecule has 0 saturated carbocycles. The fourth-order valence-electron chi connectivity index (χ4n) is 1.43. The Morgan fingerprint density at radius 1 is 1.38 bits per heavy atom. The van der Waals surface area contributed by atoms with E-state index in [1.54, 1.807) is 6.20 Å². The zero-order valence-corrected chi connectivity index (χ0v) is 10.9. The third kappa shape index (κ3) is 4.14. The molecule has 0 bridgehead atoms. The second kappa shape index (κ2) is 5.80. The predicted molar refractivity (Wildman–Crippen MR) is 67.8 cm³/mol. The lowest BCUT2D eigenvalue weighted by atomic mass is 10.2. The van der Waals surface area contributed by atoms with Crippen LogP contribution < -0.4 is 5.32 Å². The molecular formula is C12H22N4. The Labute approximate surface area is 98.1 Å². The van der Waals surface area contributed by atoms with Gasteiger partial charge in [-0.25, -0.2) is 4.98 Å². The zero-order chi connectivity index (χ0) is 12.1. The van der Waals surface area contributed by atoms with Gasteiger partial charge in [0.25, 0.3) is 0 Å². The molecule has 0 aliphatic carbocycles. The summed E-state index contributed by atoms with van der Waals surface area (Å²) in [6.07, 6.45) is 2.90. The van der Waals surface area contributed by atoms with Crippen LogP contribution in [0.2, 0.25) is 0 Å². The van der Waals surface area contributed by atoms with Gasteiger partial charge in [-0.1, -0.05) is 0 Å². The highest BCUT2D eigenvalue weighted by molar-refractivity contribution is 5.40. The molecule has 0 spiro atoms. The number of aryl methyl sites for hydroxylation is 2. The van der Waals surface area contributed by atoms with E-state index < -0.39 is 0 Å². The first-order chi connectivity index (χ1) is 7.49. The topological polar surface area (TPSA) is 41.1 Å². The van der Waals surface area contributed by atoms with Crippen LogP contribution >= 0.6 is 0 Å². The van der Waals surface area contributed by atoms with Gasteiger partial charge in [-0.2, -0.15) is 0 Å². The molecule has 0 fully saturated rings. The fourth-order valence-corrected chi connectivity index (χ4v) is 1.43. The molecule has 0 amide bonds. The maximum absolute atomic E-state index is 4.45. The van der Waals surface area contributed by atoms with Crippen molar-refractivity contribution in [1.29, 1.82) is 0 Å². The summed E-state index contributed by atoms with van der Waals surface area (Å²) in [5.74, 6) is 0.909. The van der Waals surface area contributed by atoms with Gasteiger partial charge < -0.3 is 10.2 Å². The van der Waals surface area contributed by atoms with Crippen LogP contribution in [0.1, 0.15) is 24.7 Å². The number of anilines is 1. The molecule has 0 saturated heterocycles. The largest absolute Gasteiger partial charge is 0.366 e. The first-order valence-corrected chi connectivity index (χ1v) is 5.70. The maximum atomic E-state index is 4.45. The van der Waals surface area contributed by atoms with Crippen molar-refractivity contribution in [2.45, 2.75) is 33.2 Å². The van der Waals surface area contributed by atoms with E-state index in [0.717, 1.165) is 30.2 Å². The lowest BCUT2D eigenvalue weighted by Crippen LogP contribution is -2.24. The van der Waals surface area contributed by atoms with Gasteiger partial charge in [0.15, 0.2) is 0 Å². The average molecular weight is 222 g/mol. The predicted octanol–water partition coefficient (Wildman–Crippen LogP) is 1.85. The number of rotatable bonds is 5. The Morgan fingerprint density at radius 2 is 2.06 bits per heavy atom. The quantitative estimate of drug-likeness (QED) is 0.825. The van der Waals surface area contributed by atoms with Crippen LogP contribution in [-0.4, -0.2) is 41.5 Å². The van der Waals surface area contributed by atoms with Crippen LogP contribution in [0.3, 0.4) is 0 Å². The number of hydrogen-bond donors (Lipinski definition) is 1. The lowest BCUT2D eigenvalue weighted by molar-refractivity contribution is 0.390. The zero-order valence-electron chi connectivity index (χ0n) is 10.9. The molecule has 0 aromatic carbocycles. The second-order valence-corrected chi connectivity index (χ2v) is 4.58. The van der Waals surface area contributed by atoms with Crippen LogP contribution in [0.25, 0.3) is 0 Å². The van der Waals surface area contributed by atoms with Crippen molar-refractivity contribution >= 4 is 5.82 Å². The molecule has 1 atom stereocenters. The third-order valence-corrected chi connectivity index (χ3v) is 2.47. The normalized spacial score (nSPS) is 12.9. The Hall–Kier alpha value is -1.16. The minimum absolute atomic E-state index is 0.414. The summed E-state index contributed by atoms with van der Waals surface area (Å²) in [6.45, 7) is 7.19. The van der Waals surface area contributed by atoms with Gasteiger partial charge in [-0.15, -0.1) is 0 Å². The van der Waals surface area contributed by atoms with Crippen molar-refractivity contribution in [2.75, 3.05) is 26.0 Å². The van der Waals surface area contributed by atoms with Crippen molar-refractivity contribution in [3.63, 3.8) is 0 Å². The van der Waals surface area contributed by atoms with E-state index >= 15 is 0 Å². The lowest BCUT2D eigenvalue weighted by Gasteiger charge is -2.18. The fraction of sp³-hybridized carbons (Fsp3) is 0.667. The molecular weight excluding hydrogens is 200 g/mol. The van der Waals surface area contributed by atoms with E-state index in [9.17, 15) is 0 Å². The van der Waals surface area contributed by atoms with Gasteiger partial charge in [-0.05, 0) is 47.8 Å². The summed E-state index contributed by atoms with van der Waals surface area (Å²) in [6, 6.07) is 0.414. The highest BCUT2D eigenvalue weighted by Crippen LogP contribution is 2.11.